The van der Waals surface area contributed by atoms with Crippen molar-refractivity contribution in [1.82, 2.24) is 0 Å². The summed E-state index contributed by atoms with van der Waals surface area (Å²) < 4.78 is 0. The minimum Gasteiger partial charge on any atom is -0.481 e. The van der Waals surface area contributed by atoms with Crippen LogP contribution >= 0.6 is 0 Å². The van der Waals surface area contributed by atoms with E-state index in [0.29, 0.717) is 28.1 Å². The third-order valence-electron chi connectivity index (χ3n) is 4.29. The van der Waals surface area contributed by atoms with Crippen molar-refractivity contribution in [3.8, 4) is 0 Å². The Hall–Kier alpha value is -3.93. The van der Waals surface area contributed by atoms with Gasteiger partial charge in [0.1, 0.15) is 0 Å². The van der Waals surface area contributed by atoms with Gasteiger partial charge in [-0.15, -0.1) is 0 Å². The van der Waals surface area contributed by atoms with E-state index in [9.17, 15) is 14.4 Å². The van der Waals surface area contributed by atoms with Crippen LogP contribution in [-0.4, -0.2) is 22.9 Å². The van der Waals surface area contributed by atoms with Crippen molar-refractivity contribution in [2.24, 2.45) is 0 Å². The van der Waals surface area contributed by atoms with Crippen LogP contribution in [0.5, 0.6) is 0 Å². The van der Waals surface area contributed by atoms with Crippen molar-refractivity contribution in [2.45, 2.75) is 12.8 Å². The van der Waals surface area contributed by atoms with Gasteiger partial charge in [0.2, 0.25) is 0 Å². The highest BCUT2D eigenvalue weighted by molar-refractivity contribution is 6.06. The Morgan fingerprint density at radius 2 is 1.28 bits per heavy atom. The van der Waals surface area contributed by atoms with E-state index in [2.05, 4.69) is 10.6 Å². The maximum absolute atomic E-state index is 12.5. The molecule has 0 fully saturated rings. The average molecular weight is 388 g/mol. The second kappa shape index (κ2) is 9.32. The number of benzene rings is 3. The molecule has 3 aromatic carbocycles. The Balaban J connectivity index is 1.81. The number of carbonyl (C=O) groups excluding carboxylic acids is 2. The number of rotatable bonds is 7. The summed E-state index contributed by atoms with van der Waals surface area (Å²) in [5, 5.41) is 14.6. The lowest BCUT2D eigenvalue weighted by Gasteiger charge is -2.13. The van der Waals surface area contributed by atoms with Crippen molar-refractivity contribution in [3.05, 3.63) is 95.6 Å². The third kappa shape index (κ3) is 5.52. The normalized spacial score (nSPS) is 10.2. The Bertz CT molecular complexity index is 1020. The number of aryl methyl sites for hydroxylation is 1. The van der Waals surface area contributed by atoms with Crippen LogP contribution in [0.25, 0.3) is 0 Å². The summed E-state index contributed by atoms with van der Waals surface area (Å²) in [7, 11) is 0. The van der Waals surface area contributed by atoms with Gasteiger partial charge in [0.05, 0.1) is 0 Å². The Morgan fingerprint density at radius 3 is 1.83 bits per heavy atom. The van der Waals surface area contributed by atoms with Crippen LogP contribution in [0, 0.1) is 0 Å². The smallest absolute Gasteiger partial charge is 0.303 e. The molecular weight excluding hydrogens is 368 g/mol. The Morgan fingerprint density at radius 1 is 0.724 bits per heavy atom. The molecule has 0 spiro atoms. The van der Waals surface area contributed by atoms with Crippen molar-refractivity contribution >= 4 is 29.2 Å². The molecule has 3 rings (SSSR count). The van der Waals surface area contributed by atoms with Crippen molar-refractivity contribution in [1.29, 1.82) is 0 Å². The monoisotopic (exact) mass is 388 g/mol. The number of carbonyl (C=O) groups is 3. The minimum atomic E-state index is -0.941. The van der Waals surface area contributed by atoms with Crippen LogP contribution in [0.1, 0.15) is 32.7 Å². The molecule has 0 aromatic heterocycles. The van der Waals surface area contributed by atoms with E-state index in [1.165, 1.54) is 0 Å². The van der Waals surface area contributed by atoms with Crippen LogP contribution < -0.4 is 10.6 Å². The molecule has 0 unspecified atom stereocenters. The molecule has 29 heavy (non-hydrogen) atoms. The zero-order chi connectivity index (χ0) is 20.6. The number of hydrogen-bond donors (Lipinski definition) is 3. The van der Waals surface area contributed by atoms with E-state index in [4.69, 9.17) is 5.11 Å². The molecule has 0 heterocycles. The Kier molecular flexibility index (Phi) is 6.37. The largest absolute Gasteiger partial charge is 0.481 e. The SMILES string of the molecule is O=C(O)CCc1cc(NC(=O)c2ccccc2)ccc1NC(=O)c1ccccc1. The minimum absolute atomic E-state index is 0.0930. The molecule has 3 aromatic rings. The molecule has 146 valence electrons. The molecule has 0 saturated carbocycles. The Labute approximate surface area is 168 Å². The van der Waals surface area contributed by atoms with Gasteiger partial charge >= 0.3 is 5.97 Å². The number of nitrogens with one attached hydrogen (secondary N) is 2. The first-order valence-corrected chi connectivity index (χ1v) is 9.10. The number of hydrogen-bond acceptors (Lipinski definition) is 3. The van der Waals surface area contributed by atoms with Crippen LogP contribution in [-0.2, 0) is 11.2 Å². The summed E-state index contributed by atoms with van der Waals surface area (Å²) in [6.45, 7) is 0. The van der Waals surface area contributed by atoms with Gasteiger partial charge in [0, 0.05) is 28.9 Å². The first kappa shape index (κ1) is 19.8. The number of amides is 2. The van der Waals surface area contributed by atoms with Gasteiger partial charge in [-0.05, 0) is 54.4 Å². The van der Waals surface area contributed by atoms with E-state index in [0.717, 1.165) is 0 Å². The molecule has 0 radical (unpaired) electrons. The average Bonchev–Trinajstić information content (AvgIpc) is 2.74. The standard InChI is InChI=1S/C23H20N2O4/c26-21(27)14-11-18-15-19(24-22(28)16-7-3-1-4-8-16)12-13-20(18)25-23(29)17-9-5-2-6-10-17/h1-10,12-13,15H,11,14H2,(H,24,28)(H,25,29)(H,26,27). The maximum Gasteiger partial charge on any atom is 0.303 e. The predicted octanol–water partition coefficient (Wildman–Crippen LogP) is 4.21. The first-order valence-electron chi connectivity index (χ1n) is 9.10. The molecular formula is C23H20N2O4. The second-order valence-corrected chi connectivity index (χ2v) is 6.41. The molecule has 0 aliphatic carbocycles. The lowest BCUT2D eigenvalue weighted by Crippen LogP contribution is -2.15. The fourth-order valence-corrected chi connectivity index (χ4v) is 2.82. The number of aliphatic carboxylic acids is 1. The van der Waals surface area contributed by atoms with Crippen LogP contribution in [0.3, 0.4) is 0 Å². The van der Waals surface area contributed by atoms with Crippen molar-refractivity contribution in [3.63, 3.8) is 0 Å². The molecule has 0 saturated heterocycles. The summed E-state index contributed by atoms with van der Waals surface area (Å²) in [4.78, 5) is 35.8. The van der Waals surface area contributed by atoms with E-state index >= 15 is 0 Å². The zero-order valence-corrected chi connectivity index (χ0v) is 15.6. The van der Waals surface area contributed by atoms with E-state index in [-0.39, 0.29) is 24.7 Å². The van der Waals surface area contributed by atoms with Crippen molar-refractivity contribution < 1.29 is 19.5 Å². The van der Waals surface area contributed by atoms with Crippen LogP contribution in [0.4, 0.5) is 11.4 Å². The molecule has 3 N–H and O–H groups in total. The molecule has 0 aliphatic heterocycles. The summed E-state index contributed by atoms with van der Waals surface area (Å²) in [6, 6.07) is 22.5. The van der Waals surface area contributed by atoms with E-state index in [1.54, 1.807) is 66.7 Å². The summed E-state index contributed by atoms with van der Waals surface area (Å²) in [5.41, 5.74) is 2.68. The number of anilines is 2. The lowest BCUT2D eigenvalue weighted by atomic mass is 10.1. The number of carboxylic acids is 1. The third-order valence-corrected chi connectivity index (χ3v) is 4.29. The van der Waals surface area contributed by atoms with Gasteiger partial charge in [-0.1, -0.05) is 36.4 Å². The van der Waals surface area contributed by atoms with Gasteiger partial charge in [-0.2, -0.15) is 0 Å². The fourth-order valence-electron chi connectivity index (χ4n) is 2.82. The van der Waals surface area contributed by atoms with Crippen molar-refractivity contribution in [2.75, 3.05) is 10.6 Å². The van der Waals surface area contributed by atoms with Gasteiger partial charge < -0.3 is 15.7 Å². The predicted molar refractivity (Wildman–Crippen MR) is 111 cm³/mol. The van der Waals surface area contributed by atoms with Crippen LogP contribution in [0.2, 0.25) is 0 Å². The fraction of sp³-hybridized carbons (Fsp3) is 0.0870. The molecule has 0 aliphatic rings. The van der Waals surface area contributed by atoms with E-state index in [1.807, 2.05) is 12.1 Å². The van der Waals surface area contributed by atoms with Crippen LogP contribution in [0.15, 0.2) is 78.9 Å². The highest BCUT2D eigenvalue weighted by atomic mass is 16.4. The van der Waals surface area contributed by atoms with E-state index < -0.39 is 5.97 Å². The molecule has 0 atom stereocenters. The van der Waals surface area contributed by atoms with Gasteiger partial charge in [-0.25, -0.2) is 0 Å². The summed E-state index contributed by atoms with van der Waals surface area (Å²) in [5.74, 6) is -1.50. The highest BCUT2D eigenvalue weighted by Crippen LogP contribution is 2.23. The zero-order valence-electron chi connectivity index (χ0n) is 15.6. The lowest BCUT2D eigenvalue weighted by molar-refractivity contribution is -0.136. The summed E-state index contributed by atoms with van der Waals surface area (Å²) in [6.07, 6.45) is 0.124. The quantitative estimate of drug-likeness (QED) is 0.565. The summed E-state index contributed by atoms with van der Waals surface area (Å²) >= 11 is 0. The maximum atomic E-state index is 12.5. The molecule has 6 nitrogen and oxygen atoms in total. The topological polar surface area (TPSA) is 95.5 Å². The molecule has 6 heteroatoms. The second-order valence-electron chi connectivity index (χ2n) is 6.41. The molecule has 0 bridgehead atoms. The first-order chi connectivity index (χ1) is 14.0. The highest BCUT2D eigenvalue weighted by Gasteiger charge is 2.12. The van der Waals surface area contributed by atoms with Gasteiger partial charge in [-0.3, -0.25) is 14.4 Å². The molecule has 2 amide bonds. The van der Waals surface area contributed by atoms with Gasteiger partial charge in [0.15, 0.2) is 0 Å². The number of carboxylic acid groups (broad SMARTS) is 1. The van der Waals surface area contributed by atoms with Gasteiger partial charge in [0.25, 0.3) is 11.8 Å².